The van der Waals surface area contributed by atoms with Crippen molar-refractivity contribution in [3.8, 4) is 11.5 Å². The first-order chi connectivity index (χ1) is 16.3. The molecule has 1 heterocycles. The molecule has 0 atom stereocenters. The number of carbonyl (C=O) groups excluding carboxylic acids is 1. The molecule has 0 saturated heterocycles. The Hall–Kier alpha value is -4.74. The van der Waals surface area contributed by atoms with E-state index in [2.05, 4.69) is 10.5 Å². The van der Waals surface area contributed by atoms with E-state index < -0.39 is 15.8 Å². The predicted octanol–water partition coefficient (Wildman–Crippen LogP) is 4.39. The third-order valence-corrected chi connectivity index (χ3v) is 4.43. The number of benzene rings is 2. The molecule has 0 spiro atoms. The molecule has 0 bridgehead atoms. The first-order valence-corrected chi connectivity index (χ1v) is 10.0. The molecule has 1 N–H and O–H groups in total. The lowest BCUT2D eigenvalue weighted by molar-refractivity contribution is -0.386. The van der Waals surface area contributed by atoms with Gasteiger partial charge in [-0.05, 0) is 43.7 Å². The third kappa shape index (κ3) is 5.94. The van der Waals surface area contributed by atoms with Crippen molar-refractivity contribution in [2.75, 3.05) is 18.5 Å². The van der Waals surface area contributed by atoms with Crippen LogP contribution in [0, 0.1) is 27.2 Å². The molecule has 0 radical (unpaired) electrons. The summed E-state index contributed by atoms with van der Waals surface area (Å²) >= 11 is 0. The van der Waals surface area contributed by atoms with Gasteiger partial charge in [0.2, 0.25) is 5.76 Å². The van der Waals surface area contributed by atoms with Crippen LogP contribution in [0.5, 0.6) is 11.5 Å². The number of non-ortho nitro benzene ring substituents is 1. The predicted molar refractivity (Wildman–Crippen MR) is 122 cm³/mol. The van der Waals surface area contributed by atoms with E-state index in [-0.39, 0.29) is 35.1 Å². The molecule has 0 unspecified atom stereocenters. The van der Waals surface area contributed by atoms with Crippen LogP contribution in [0.15, 0.2) is 47.0 Å². The smallest absolute Gasteiger partial charge is 0.338 e. The topological polar surface area (TPSA) is 160 Å². The first-order valence-electron chi connectivity index (χ1n) is 10.0. The molecule has 1 amide bonds. The van der Waals surface area contributed by atoms with E-state index in [0.29, 0.717) is 23.7 Å². The van der Waals surface area contributed by atoms with Gasteiger partial charge in [-0.2, -0.15) is 0 Å². The number of rotatable bonds is 10. The van der Waals surface area contributed by atoms with Crippen molar-refractivity contribution in [2.45, 2.75) is 13.8 Å². The molecular formula is C22H20N4O8. The van der Waals surface area contributed by atoms with E-state index in [1.165, 1.54) is 37.3 Å². The summed E-state index contributed by atoms with van der Waals surface area (Å²) in [5, 5.41) is 28.2. The minimum atomic E-state index is -0.563. The Bertz CT molecular complexity index is 1250. The fourth-order valence-electron chi connectivity index (χ4n) is 2.94. The van der Waals surface area contributed by atoms with Crippen molar-refractivity contribution >= 4 is 35.1 Å². The molecule has 0 saturated carbocycles. The van der Waals surface area contributed by atoms with E-state index in [9.17, 15) is 25.0 Å². The van der Waals surface area contributed by atoms with Gasteiger partial charge in [0.25, 0.3) is 11.6 Å². The van der Waals surface area contributed by atoms with E-state index >= 15 is 0 Å². The molecule has 3 aromatic rings. The summed E-state index contributed by atoms with van der Waals surface area (Å²) < 4.78 is 16.1. The molecule has 2 aromatic carbocycles. The maximum Gasteiger partial charge on any atom is 0.338 e. The standard InChI is InChI=1S/C22H20N4O8/c1-3-32-20-11-15(8-10-19-22(26(30)31)14(2)24-34-19)7-9-18(20)33-13-21(27)23-16-5-4-6-17(12-16)25(28)29/h4-12H,3,13H2,1-2H3,(H,23,27)/b10-8+. The highest BCUT2D eigenvalue weighted by molar-refractivity contribution is 5.92. The van der Waals surface area contributed by atoms with Gasteiger partial charge in [-0.25, -0.2) is 0 Å². The number of anilines is 1. The minimum Gasteiger partial charge on any atom is -0.490 e. The van der Waals surface area contributed by atoms with Crippen molar-refractivity contribution in [1.29, 1.82) is 0 Å². The summed E-state index contributed by atoms with van der Waals surface area (Å²) in [7, 11) is 0. The number of carbonyl (C=O) groups is 1. The molecule has 34 heavy (non-hydrogen) atoms. The highest BCUT2D eigenvalue weighted by Crippen LogP contribution is 2.30. The second kappa shape index (κ2) is 10.7. The molecule has 12 nitrogen and oxygen atoms in total. The maximum absolute atomic E-state index is 12.2. The lowest BCUT2D eigenvalue weighted by Crippen LogP contribution is -2.20. The number of aromatic nitrogens is 1. The molecule has 176 valence electrons. The first kappa shape index (κ1) is 23.9. The normalized spacial score (nSPS) is 10.8. The van der Waals surface area contributed by atoms with Gasteiger partial charge < -0.3 is 19.3 Å². The molecular weight excluding hydrogens is 448 g/mol. The number of hydrogen-bond acceptors (Lipinski definition) is 9. The van der Waals surface area contributed by atoms with Crippen molar-refractivity contribution in [2.24, 2.45) is 0 Å². The van der Waals surface area contributed by atoms with Crippen LogP contribution >= 0.6 is 0 Å². The lowest BCUT2D eigenvalue weighted by Gasteiger charge is -2.12. The van der Waals surface area contributed by atoms with Gasteiger partial charge in [0.05, 0.1) is 16.5 Å². The van der Waals surface area contributed by atoms with Crippen LogP contribution in [0.1, 0.15) is 23.9 Å². The van der Waals surface area contributed by atoms with Gasteiger partial charge in [0.1, 0.15) is 0 Å². The fourth-order valence-corrected chi connectivity index (χ4v) is 2.94. The van der Waals surface area contributed by atoms with Crippen LogP contribution in [0.3, 0.4) is 0 Å². The Morgan fingerprint density at radius 3 is 2.59 bits per heavy atom. The third-order valence-electron chi connectivity index (χ3n) is 4.43. The van der Waals surface area contributed by atoms with Gasteiger partial charge >= 0.3 is 5.69 Å². The summed E-state index contributed by atoms with van der Waals surface area (Å²) in [6, 6.07) is 10.4. The Labute approximate surface area is 193 Å². The van der Waals surface area contributed by atoms with Gasteiger partial charge in [0.15, 0.2) is 23.8 Å². The van der Waals surface area contributed by atoms with E-state index in [0.717, 1.165) is 0 Å². The molecule has 1 aromatic heterocycles. The summed E-state index contributed by atoms with van der Waals surface area (Å²) in [5.41, 5.74) is 0.722. The second-order valence-corrected chi connectivity index (χ2v) is 6.85. The maximum atomic E-state index is 12.2. The molecule has 0 fully saturated rings. The largest absolute Gasteiger partial charge is 0.490 e. The van der Waals surface area contributed by atoms with Crippen molar-refractivity contribution in [1.82, 2.24) is 5.16 Å². The average molecular weight is 468 g/mol. The van der Waals surface area contributed by atoms with Gasteiger partial charge in [-0.3, -0.25) is 25.0 Å². The van der Waals surface area contributed by atoms with E-state index in [4.69, 9.17) is 14.0 Å². The number of hydrogen-bond donors (Lipinski definition) is 1. The monoisotopic (exact) mass is 468 g/mol. The van der Waals surface area contributed by atoms with Crippen LogP contribution in [0.2, 0.25) is 0 Å². The molecule has 12 heteroatoms. The van der Waals surface area contributed by atoms with Crippen LogP contribution in [-0.4, -0.2) is 34.1 Å². The number of nitrogens with one attached hydrogen (secondary N) is 1. The summed E-state index contributed by atoms with van der Waals surface area (Å²) in [6.07, 6.45) is 3.02. The minimum absolute atomic E-state index is 0.0126. The highest BCUT2D eigenvalue weighted by atomic mass is 16.6. The second-order valence-electron chi connectivity index (χ2n) is 6.85. The van der Waals surface area contributed by atoms with Crippen LogP contribution in [-0.2, 0) is 4.79 Å². The Balaban J connectivity index is 1.69. The van der Waals surface area contributed by atoms with Crippen LogP contribution in [0.4, 0.5) is 17.1 Å². The lowest BCUT2D eigenvalue weighted by atomic mass is 10.1. The van der Waals surface area contributed by atoms with Gasteiger partial charge in [0, 0.05) is 17.8 Å². The number of nitro groups is 2. The summed E-state index contributed by atoms with van der Waals surface area (Å²) in [6.45, 7) is 3.23. The fraction of sp³-hybridized carbons (Fsp3) is 0.182. The molecule has 3 rings (SSSR count). The number of amides is 1. The zero-order chi connectivity index (χ0) is 24.7. The zero-order valence-corrected chi connectivity index (χ0v) is 18.2. The number of nitrogens with zero attached hydrogens (tertiary/aromatic N) is 3. The average Bonchev–Trinajstić information content (AvgIpc) is 3.18. The number of ether oxygens (including phenoxy) is 2. The van der Waals surface area contributed by atoms with Gasteiger partial charge in [-0.1, -0.05) is 23.4 Å². The quantitative estimate of drug-likeness (QED) is 0.336. The van der Waals surface area contributed by atoms with Crippen molar-refractivity contribution < 1.29 is 28.6 Å². The SMILES string of the molecule is CCOc1cc(/C=C/c2onc(C)c2[N+](=O)[O-])ccc1OCC(=O)Nc1cccc([N+](=O)[O-])c1. The Morgan fingerprint density at radius 2 is 1.88 bits per heavy atom. The number of aryl methyl sites for hydroxylation is 1. The zero-order valence-electron chi connectivity index (χ0n) is 18.2. The van der Waals surface area contributed by atoms with Crippen molar-refractivity contribution in [3.05, 3.63) is 79.7 Å². The summed E-state index contributed by atoms with van der Waals surface area (Å²) in [5.74, 6) is 0.157. The van der Waals surface area contributed by atoms with E-state index in [1.807, 2.05) is 0 Å². The molecule has 0 aliphatic heterocycles. The highest BCUT2D eigenvalue weighted by Gasteiger charge is 2.22. The van der Waals surface area contributed by atoms with Crippen LogP contribution < -0.4 is 14.8 Å². The summed E-state index contributed by atoms with van der Waals surface area (Å²) in [4.78, 5) is 33.1. The van der Waals surface area contributed by atoms with Crippen LogP contribution in [0.25, 0.3) is 12.2 Å². The molecule has 0 aliphatic rings. The Kier molecular flexibility index (Phi) is 7.54. The Morgan fingerprint density at radius 1 is 1.09 bits per heavy atom. The van der Waals surface area contributed by atoms with E-state index in [1.54, 1.807) is 31.2 Å². The van der Waals surface area contributed by atoms with Gasteiger partial charge in [-0.15, -0.1) is 0 Å². The molecule has 0 aliphatic carbocycles. The number of nitro benzene ring substituents is 1. The van der Waals surface area contributed by atoms with Crippen molar-refractivity contribution in [3.63, 3.8) is 0 Å².